The lowest BCUT2D eigenvalue weighted by Gasteiger charge is -2.29. The summed E-state index contributed by atoms with van der Waals surface area (Å²) in [7, 11) is 0. The number of aliphatic hydroxyl groups is 1. The fraction of sp³-hybridized carbons (Fsp3) is 0.217. The van der Waals surface area contributed by atoms with E-state index in [9.17, 15) is 5.11 Å². The fourth-order valence-electron chi connectivity index (χ4n) is 3.34. The average Bonchev–Trinajstić information content (AvgIpc) is 3.28. The number of nitrogens with one attached hydrogen (secondary N) is 1. The summed E-state index contributed by atoms with van der Waals surface area (Å²) in [5, 5.41) is 13.7. The van der Waals surface area contributed by atoms with Crippen LogP contribution < -0.4 is 10.4 Å². The van der Waals surface area contributed by atoms with Crippen LogP contribution >= 0.6 is 34.5 Å². The van der Waals surface area contributed by atoms with Crippen molar-refractivity contribution in [2.24, 2.45) is 0 Å². The van der Waals surface area contributed by atoms with Crippen molar-refractivity contribution >= 4 is 45.9 Å². The second-order valence-corrected chi connectivity index (χ2v) is 9.77. The van der Waals surface area contributed by atoms with Crippen LogP contribution in [0.25, 0.3) is 16.1 Å². The summed E-state index contributed by atoms with van der Waals surface area (Å²) in [5.74, 6) is 0. The highest BCUT2D eigenvalue weighted by Gasteiger charge is 2.35. The molecule has 2 heterocycles. The van der Waals surface area contributed by atoms with Gasteiger partial charge in [-0.2, -0.15) is 0 Å². The standard InChI is InChI=1S/C23H22Cl2N2OS/c1-14-5-4-6-15(9-14)20-7-8-21(29-20)19-13-22(23(2,3)28)26-27(19)18-11-16(24)10-17(25)12-18/h4-13,22,26,28H,1-3H3. The van der Waals surface area contributed by atoms with Gasteiger partial charge in [-0.25, -0.2) is 5.43 Å². The van der Waals surface area contributed by atoms with Gasteiger partial charge in [0.15, 0.2) is 0 Å². The van der Waals surface area contributed by atoms with Crippen molar-refractivity contribution < 1.29 is 5.11 Å². The van der Waals surface area contributed by atoms with Gasteiger partial charge in [0.2, 0.25) is 0 Å². The van der Waals surface area contributed by atoms with E-state index in [0.29, 0.717) is 10.0 Å². The van der Waals surface area contributed by atoms with Gasteiger partial charge < -0.3 is 5.11 Å². The Balaban J connectivity index is 1.76. The number of hydrazine groups is 1. The summed E-state index contributed by atoms with van der Waals surface area (Å²) in [6.45, 7) is 5.68. The molecule has 2 aromatic carbocycles. The molecule has 1 aliphatic rings. The highest BCUT2D eigenvalue weighted by Crippen LogP contribution is 2.39. The van der Waals surface area contributed by atoms with Crippen LogP contribution in [-0.2, 0) is 0 Å². The van der Waals surface area contributed by atoms with E-state index in [2.05, 4.69) is 54.8 Å². The second kappa shape index (κ2) is 7.78. The molecule has 0 radical (unpaired) electrons. The van der Waals surface area contributed by atoms with E-state index in [0.717, 1.165) is 16.3 Å². The minimum absolute atomic E-state index is 0.250. The number of aryl methyl sites for hydroxylation is 1. The summed E-state index contributed by atoms with van der Waals surface area (Å²) in [5.41, 5.74) is 6.68. The van der Waals surface area contributed by atoms with E-state index in [1.54, 1.807) is 31.3 Å². The fourth-order valence-corrected chi connectivity index (χ4v) is 4.88. The smallest absolute Gasteiger partial charge is 0.0798 e. The number of hydrogen-bond acceptors (Lipinski definition) is 4. The van der Waals surface area contributed by atoms with E-state index in [1.165, 1.54) is 16.0 Å². The van der Waals surface area contributed by atoms with E-state index in [-0.39, 0.29) is 6.04 Å². The lowest BCUT2D eigenvalue weighted by molar-refractivity contribution is 0.0573. The summed E-state index contributed by atoms with van der Waals surface area (Å²) >= 11 is 14.2. The van der Waals surface area contributed by atoms with Crippen molar-refractivity contribution in [3.63, 3.8) is 0 Å². The molecule has 3 nitrogen and oxygen atoms in total. The zero-order valence-electron chi connectivity index (χ0n) is 16.4. The van der Waals surface area contributed by atoms with E-state index in [1.807, 2.05) is 17.1 Å². The maximum Gasteiger partial charge on any atom is 0.0798 e. The van der Waals surface area contributed by atoms with Gasteiger partial charge in [-0.3, -0.25) is 5.01 Å². The van der Waals surface area contributed by atoms with Gasteiger partial charge >= 0.3 is 0 Å². The van der Waals surface area contributed by atoms with Crippen molar-refractivity contribution in [1.82, 2.24) is 5.43 Å². The Labute approximate surface area is 185 Å². The predicted molar refractivity (Wildman–Crippen MR) is 125 cm³/mol. The minimum Gasteiger partial charge on any atom is -0.388 e. The number of anilines is 1. The van der Waals surface area contributed by atoms with Gasteiger partial charge in [0.1, 0.15) is 0 Å². The van der Waals surface area contributed by atoms with Crippen LogP contribution in [0.5, 0.6) is 0 Å². The third kappa shape index (κ3) is 4.37. The van der Waals surface area contributed by atoms with Crippen molar-refractivity contribution in [3.8, 4) is 10.4 Å². The molecule has 0 saturated carbocycles. The zero-order chi connectivity index (χ0) is 20.8. The molecule has 1 aromatic heterocycles. The Hall–Kier alpha value is -1.82. The van der Waals surface area contributed by atoms with Crippen molar-refractivity contribution in [1.29, 1.82) is 0 Å². The molecule has 1 aliphatic heterocycles. The summed E-state index contributed by atoms with van der Waals surface area (Å²) < 4.78 is 0. The van der Waals surface area contributed by atoms with Gasteiger partial charge in [-0.1, -0.05) is 53.0 Å². The van der Waals surface area contributed by atoms with Gasteiger partial charge in [0, 0.05) is 14.9 Å². The van der Waals surface area contributed by atoms with Gasteiger partial charge in [0.05, 0.1) is 27.9 Å². The average molecular weight is 445 g/mol. The van der Waals surface area contributed by atoms with Crippen molar-refractivity contribution in [2.45, 2.75) is 32.4 Å². The first kappa shape index (κ1) is 20.5. The third-order valence-corrected chi connectivity index (χ3v) is 6.45. The minimum atomic E-state index is -0.932. The van der Waals surface area contributed by atoms with Crippen LogP contribution in [0.2, 0.25) is 10.0 Å². The van der Waals surface area contributed by atoms with E-state index >= 15 is 0 Å². The van der Waals surface area contributed by atoms with Crippen molar-refractivity contribution in [2.75, 3.05) is 5.01 Å². The summed E-state index contributed by atoms with van der Waals surface area (Å²) in [6, 6.07) is 17.9. The Morgan fingerprint density at radius 1 is 1.00 bits per heavy atom. The third-order valence-electron chi connectivity index (χ3n) is 4.86. The highest BCUT2D eigenvalue weighted by atomic mass is 35.5. The maximum atomic E-state index is 10.6. The topological polar surface area (TPSA) is 35.5 Å². The molecule has 0 amide bonds. The predicted octanol–water partition coefficient (Wildman–Crippen LogP) is 6.54. The Morgan fingerprint density at radius 3 is 2.34 bits per heavy atom. The number of hydrogen-bond donors (Lipinski definition) is 2. The first-order valence-corrected chi connectivity index (χ1v) is 10.9. The molecule has 2 N–H and O–H groups in total. The van der Waals surface area contributed by atoms with E-state index in [4.69, 9.17) is 23.2 Å². The number of thiophene rings is 1. The maximum absolute atomic E-state index is 10.6. The van der Waals surface area contributed by atoms with Crippen LogP contribution in [-0.4, -0.2) is 16.7 Å². The molecule has 29 heavy (non-hydrogen) atoms. The number of halogens is 2. The van der Waals surface area contributed by atoms with Crippen LogP contribution in [0.15, 0.2) is 60.7 Å². The molecule has 0 aliphatic carbocycles. The largest absolute Gasteiger partial charge is 0.388 e. The second-order valence-electron chi connectivity index (χ2n) is 7.81. The first-order valence-electron chi connectivity index (χ1n) is 9.34. The molecular formula is C23H22Cl2N2OS. The van der Waals surface area contributed by atoms with Gasteiger partial charge in [-0.15, -0.1) is 11.3 Å². The lowest BCUT2D eigenvalue weighted by Crippen LogP contribution is -2.48. The SMILES string of the molecule is Cc1cccc(-c2ccc(C3=CC(C(C)(C)O)NN3c3cc(Cl)cc(Cl)c3)s2)c1. The highest BCUT2D eigenvalue weighted by molar-refractivity contribution is 7.16. The molecular weight excluding hydrogens is 423 g/mol. The quantitative estimate of drug-likeness (QED) is 0.479. The van der Waals surface area contributed by atoms with Crippen molar-refractivity contribution in [3.05, 3.63) is 81.2 Å². The Kier molecular flexibility index (Phi) is 5.49. The normalized spacial score (nSPS) is 17.0. The van der Waals surface area contributed by atoms with Crippen LogP contribution in [0.1, 0.15) is 24.3 Å². The van der Waals surface area contributed by atoms with Gasteiger partial charge in [-0.05, 0) is 62.7 Å². The molecule has 3 aromatic rings. The number of benzene rings is 2. The summed E-state index contributed by atoms with van der Waals surface area (Å²) in [4.78, 5) is 2.29. The zero-order valence-corrected chi connectivity index (χ0v) is 18.7. The molecule has 0 saturated heterocycles. The molecule has 0 bridgehead atoms. The Morgan fingerprint density at radius 2 is 1.69 bits per heavy atom. The number of rotatable bonds is 4. The summed E-state index contributed by atoms with van der Waals surface area (Å²) in [6.07, 6.45) is 2.06. The molecule has 6 heteroatoms. The molecule has 4 rings (SSSR count). The molecule has 0 spiro atoms. The molecule has 0 fully saturated rings. The number of nitrogens with zero attached hydrogens (tertiary/aromatic N) is 1. The van der Waals surface area contributed by atoms with E-state index < -0.39 is 5.60 Å². The van der Waals surface area contributed by atoms with Gasteiger partial charge in [0.25, 0.3) is 0 Å². The first-order chi connectivity index (χ1) is 13.7. The molecule has 150 valence electrons. The Bertz CT molecular complexity index is 1060. The van der Waals surface area contributed by atoms with Crippen LogP contribution in [0.3, 0.4) is 0 Å². The molecule has 1 unspecified atom stereocenters. The van der Waals surface area contributed by atoms with Crippen LogP contribution in [0, 0.1) is 6.92 Å². The van der Waals surface area contributed by atoms with Crippen LogP contribution in [0.4, 0.5) is 5.69 Å². The molecule has 1 atom stereocenters. The lowest BCUT2D eigenvalue weighted by atomic mass is 9.99. The monoisotopic (exact) mass is 444 g/mol.